The van der Waals surface area contributed by atoms with Gasteiger partial charge in [0.25, 0.3) is 0 Å². The second kappa shape index (κ2) is 6.02. The minimum Gasteiger partial charge on any atom is -0.295 e. The van der Waals surface area contributed by atoms with E-state index in [4.69, 9.17) is 0 Å². The molecule has 0 aliphatic carbocycles. The molecule has 2 heterocycles. The van der Waals surface area contributed by atoms with Crippen LogP contribution in [0, 0.1) is 6.92 Å². The Morgan fingerprint density at radius 3 is 2.65 bits per heavy atom. The molecule has 0 unspecified atom stereocenters. The molecule has 1 aliphatic heterocycles. The van der Waals surface area contributed by atoms with Gasteiger partial charge in [-0.1, -0.05) is 42.5 Å². The molecule has 2 nitrogen and oxygen atoms in total. The topological polar surface area (TPSA) is 16.1 Å². The molecule has 0 amide bonds. The third kappa shape index (κ3) is 2.97. The minimum absolute atomic E-state index is 1.01. The first-order valence-corrected chi connectivity index (χ1v) is 7.20. The van der Waals surface area contributed by atoms with E-state index in [1.54, 1.807) is 0 Å². The van der Waals surface area contributed by atoms with Gasteiger partial charge in [-0.25, -0.2) is 0 Å². The summed E-state index contributed by atoms with van der Waals surface area (Å²) < 4.78 is 0. The number of pyridine rings is 1. The lowest BCUT2D eigenvalue weighted by Crippen LogP contribution is -2.28. The fourth-order valence-corrected chi connectivity index (χ4v) is 2.73. The molecule has 0 fully saturated rings. The van der Waals surface area contributed by atoms with Gasteiger partial charge in [-0.05, 0) is 36.1 Å². The van der Waals surface area contributed by atoms with E-state index < -0.39 is 0 Å². The normalized spacial score (nSPS) is 15.9. The Morgan fingerprint density at radius 1 is 1.10 bits per heavy atom. The molecule has 102 valence electrons. The van der Waals surface area contributed by atoms with E-state index in [1.165, 1.54) is 22.4 Å². The molecular weight excluding hydrogens is 244 g/mol. The number of hydrogen-bond donors (Lipinski definition) is 0. The number of rotatable bonds is 3. The first-order chi connectivity index (χ1) is 9.83. The van der Waals surface area contributed by atoms with Gasteiger partial charge in [-0.3, -0.25) is 9.88 Å². The molecule has 1 aliphatic rings. The number of benzene rings is 1. The summed E-state index contributed by atoms with van der Waals surface area (Å²) in [4.78, 5) is 7.01. The van der Waals surface area contributed by atoms with Gasteiger partial charge in [-0.15, -0.1) is 0 Å². The molecule has 2 heteroatoms. The molecule has 3 rings (SSSR count). The van der Waals surface area contributed by atoms with Crippen LogP contribution in [0.5, 0.6) is 0 Å². The van der Waals surface area contributed by atoms with Crippen LogP contribution in [0.25, 0.3) is 5.57 Å². The zero-order chi connectivity index (χ0) is 13.8. The average molecular weight is 264 g/mol. The van der Waals surface area contributed by atoms with Crippen molar-refractivity contribution in [2.75, 3.05) is 13.1 Å². The Kier molecular flexibility index (Phi) is 3.93. The highest BCUT2D eigenvalue weighted by molar-refractivity contribution is 5.65. The summed E-state index contributed by atoms with van der Waals surface area (Å²) in [5, 5.41) is 0. The van der Waals surface area contributed by atoms with E-state index in [-0.39, 0.29) is 0 Å². The largest absolute Gasteiger partial charge is 0.295 e. The molecule has 20 heavy (non-hydrogen) atoms. The minimum atomic E-state index is 1.01. The highest BCUT2D eigenvalue weighted by atomic mass is 15.1. The molecule has 0 bridgehead atoms. The van der Waals surface area contributed by atoms with E-state index in [0.717, 1.165) is 26.1 Å². The van der Waals surface area contributed by atoms with Gasteiger partial charge < -0.3 is 0 Å². The maximum Gasteiger partial charge on any atom is 0.0688 e. The van der Waals surface area contributed by atoms with Gasteiger partial charge in [0.15, 0.2) is 0 Å². The van der Waals surface area contributed by atoms with E-state index in [0.29, 0.717) is 0 Å². The number of nitrogens with zero attached hydrogens (tertiary/aromatic N) is 2. The predicted molar refractivity (Wildman–Crippen MR) is 83.3 cm³/mol. The Balaban J connectivity index is 1.68. The summed E-state index contributed by atoms with van der Waals surface area (Å²) >= 11 is 0. The Hall–Kier alpha value is -1.93. The van der Waals surface area contributed by atoms with Crippen molar-refractivity contribution >= 4 is 5.57 Å². The first-order valence-electron chi connectivity index (χ1n) is 7.20. The lowest BCUT2D eigenvalue weighted by Gasteiger charge is -2.26. The van der Waals surface area contributed by atoms with Gasteiger partial charge in [-0.2, -0.15) is 0 Å². The standard InChI is InChI=1S/C18H20N2/c1-15-6-5-11-19-18(15)17-9-12-20(13-10-17)14-16-7-3-2-4-8-16/h2-9,11H,10,12-14H2,1H3. The van der Waals surface area contributed by atoms with Crippen LogP contribution in [0.15, 0.2) is 54.7 Å². The van der Waals surface area contributed by atoms with Gasteiger partial charge in [0, 0.05) is 25.8 Å². The van der Waals surface area contributed by atoms with Crippen LogP contribution in [0.4, 0.5) is 0 Å². The summed E-state index contributed by atoms with van der Waals surface area (Å²) in [7, 11) is 0. The summed E-state index contributed by atoms with van der Waals surface area (Å²) in [6.07, 6.45) is 5.31. The lowest BCUT2D eigenvalue weighted by atomic mass is 10.0. The molecule has 0 spiro atoms. The molecule has 0 radical (unpaired) electrons. The zero-order valence-corrected chi connectivity index (χ0v) is 11.9. The molecule has 0 saturated carbocycles. The van der Waals surface area contributed by atoms with E-state index >= 15 is 0 Å². The monoisotopic (exact) mass is 264 g/mol. The molecular formula is C18H20N2. The van der Waals surface area contributed by atoms with Crippen molar-refractivity contribution in [3.05, 3.63) is 71.6 Å². The van der Waals surface area contributed by atoms with Gasteiger partial charge in [0.1, 0.15) is 0 Å². The summed E-state index contributed by atoms with van der Waals surface area (Å²) in [6, 6.07) is 14.8. The van der Waals surface area contributed by atoms with Crippen molar-refractivity contribution in [2.24, 2.45) is 0 Å². The average Bonchev–Trinajstić information content (AvgIpc) is 2.50. The number of aromatic nitrogens is 1. The van der Waals surface area contributed by atoms with Crippen molar-refractivity contribution in [1.82, 2.24) is 9.88 Å². The van der Waals surface area contributed by atoms with Crippen molar-refractivity contribution in [2.45, 2.75) is 19.9 Å². The smallest absolute Gasteiger partial charge is 0.0688 e. The highest BCUT2D eigenvalue weighted by Crippen LogP contribution is 2.23. The molecule has 1 aromatic heterocycles. The molecule has 2 aromatic rings. The van der Waals surface area contributed by atoms with E-state index in [1.807, 2.05) is 12.3 Å². The fourth-order valence-electron chi connectivity index (χ4n) is 2.73. The predicted octanol–water partition coefficient (Wildman–Crippen LogP) is 3.68. The van der Waals surface area contributed by atoms with E-state index in [2.05, 4.69) is 59.3 Å². The number of aryl methyl sites for hydroxylation is 1. The SMILES string of the molecule is Cc1cccnc1C1=CCN(Cc2ccccc2)CC1. The van der Waals surface area contributed by atoms with Crippen molar-refractivity contribution < 1.29 is 0 Å². The summed E-state index contributed by atoms with van der Waals surface area (Å²) in [5.74, 6) is 0. The van der Waals surface area contributed by atoms with Crippen molar-refractivity contribution in [3.63, 3.8) is 0 Å². The molecule has 0 saturated heterocycles. The van der Waals surface area contributed by atoms with Crippen LogP contribution in [-0.2, 0) is 6.54 Å². The van der Waals surface area contributed by atoms with Gasteiger partial charge in [0.05, 0.1) is 5.69 Å². The van der Waals surface area contributed by atoms with Gasteiger partial charge >= 0.3 is 0 Å². The molecule has 0 atom stereocenters. The van der Waals surface area contributed by atoms with Crippen LogP contribution in [0.3, 0.4) is 0 Å². The van der Waals surface area contributed by atoms with Gasteiger partial charge in [0.2, 0.25) is 0 Å². The first kappa shape index (κ1) is 13.1. The Morgan fingerprint density at radius 2 is 1.95 bits per heavy atom. The Labute approximate surface area is 120 Å². The summed E-state index contributed by atoms with van der Waals surface area (Å²) in [6.45, 7) is 5.29. The number of hydrogen-bond acceptors (Lipinski definition) is 2. The second-order valence-electron chi connectivity index (χ2n) is 5.37. The van der Waals surface area contributed by atoms with Crippen LogP contribution in [0.1, 0.15) is 23.2 Å². The Bertz CT molecular complexity index is 602. The fraction of sp³-hybridized carbons (Fsp3) is 0.278. The zero-order valence-electron chi connectivity index (χ0n) is 11.9. The maximum absolute atomic E-state index is 4.52. The van der Waals surface area contributed by atoms with Crippen molar-refractivity contribution in [1.29, 1.82) is 0 Å². The second-order valence-corrected chi connectivity index (χ2v) is 5.37. The van der Waals surface area contributed by atoms with Crippen LogP contribution >= 0.6 is 0 Å². The third-order valence-electron chi connectivity index (χ3n) is 3.86. The molecule has 1 aromatic carbocycles. The third-order valence-corrected chi connectivity index (χ3v) is 3.86. The van der Waals surface area contributed by atoms with E-state index in [9.17, 15) is 0 Å². The maximum atomic E-state index is 4.52. The van der Waals surface area contributed by atoms with Crippen LogP contribution < -0.4 is 0 Å². The lowest BCUT2D eigenvalue weighted by molar-refractivity contribution is 0.294. The summed E-state index contributed by atoms with van der Waals surface area (Å²) in [5.41, 5.74) is 5.23. The van der Waals surface area contributed by atoms with Crippen molar-refractivity contribution in [3.8, 4) is 0 Å². The van der Waals surface area contributed by atoms with Crippen LogP contribution in [0.2, 0.25) is 0 Å². The van der Waals surface area contributed by atoms with Crippen LogP contribution in [-0.4, -0.2) is 23.0 Å². The molecule has 0 N–H and O–H groups in total. The highest BCUT2D eigenvalue weighted by Gasteiger charge is 2.14. The quantitative estimate of drug-likeness (QED) is 0.840.